The molecule has 0 aromatic carbocycles. The zero-order valence-corrected chi connectivity index (χ0v) is 7.58. The Morgan fingerprint density at radius 3 is 2.75 bits per heavy atom. The van der Waals surface area contributed by atoms with E-state index >= 15 is 0 Å². The number of aryl methyl sites for hydroxylation is 1. The van der Waals surface area contributed by atoms with Gasteiger partial charge in [-0.2, -0.15) is 0 Å². The third-order valence-corrected chi connectivity index (χ3v) is 2.48. The van der Waals surface area contributed by atoms with Crippen LogP contribution in [0.1, 0.15) is 16.0 Å². The highest BCUT2D eigenvalue weighted by Crippen LogP contribution is 2.21. The maximum absolute atomic E-state index is 9.42. The zero-order chi connectivity index (χ0) is 9.14. The molecule has 0 aliphatic heterocycles. The lowest BCUT2D eigenvalue weighted by Gasteiger charge is -2.12. The minimum absolute atomic E-state index is 0.0415. The van der Waals surface area contributed by atoms with Crippen molar-refractivity contribution >= 4 is 11.3 Å². The van der Waals surface area contributed by atoms with Crippen molar-refractivity contribution in [3.8, 4) is 0 Å². The van der Waals surface area contributed by atoms with E-state index in [1.807, 2.05) is 6.92 Å². The number of aliphatic hydroxyl groups excluding tert-OH is 2. The Labute approximate surface area is 74.7 Å². The number of nitrogens with two attached hydrogens (primary N) is 1. The number of thiazole rings is 1. The molecule has 2 atom stereocenters. The molecule has 0 fully saturated rings. The van der Waals surface area contributed by atoms with E-state index < -0.39 is 12.2 Å². The summed E-state index contributed by atoms with van der Waals surface area (Å²) in [6, 6.07) is 0. The van der Waals surface area contributed by atoms with Crippen molar-refractivity contribution in [1.29, 1.82) is 0 Å². The van der Waals surface area contributed by atoms with Crippen LogP contribution in [-0.4, -0.2) is 27.8 Å². The first-order chi connectivity index (χ1) is 5.65. The number of nitrogens with zero attached hydrogens (tertiary/aromatic N) is 1. The molecule has 0 saturated carbocycles. The SMILES string of the molecule is Cc1cnc(C(O)C(O)CN)s1. The van der Waals surface area contributed by atoms with E-state index in [2.05, 4.69) is 4.98 Å². The molecule has 1 aromatic rings. The van der Waals surface area contributed by atoms with Gasteiger partial charge in [-0.25, -0.2) is 4.98 Å². The van der Waals surface area contributed by atoms with Gasteiger partial charge in [0.15, 0.2) is 0 Å². The molecule has 12 heavy (non-hydrogen) atoms. The molecule has 2 unspecified atom stereocenters. The van der Waals surface area contributed by atoms with Crippen LogP contribution in [0.5, 0.6) is 0 Å². The van der Waals surface area contributed by atoms with Crippen LogP contribution in [0.2, 0.25) is 0 Å². The van der Waals surface area contributed by atoms with Gasteiger partial charge in [-0.1, -0.05) is 0 Å². The minimum Gasteiger partial charge on any atom is -0.389 e. The second-order valence-electron chi connectivity index (χ2n) is 2.56. The second kappa shape index (κ2) is 3.95. The molecule has 1 aromatic heterocycles. The van der Waals surface area contributed by atoms with Gasteiger partial charge < -0.3 is 15.9 Å². The van der Waals surface area contributed by atoms with Gasteiger partial charge in [0.05, 0.1) is 6.10 Å². The van der Waals surface area contributed by atoms with E-state index in [9.17, 15) is 10.2 Å². The Hall–Kier alpha value is -0.490. The lowest BCUT2D eigenvalue weighted by Crippen LogP contribution is -2.26. The molecule has 0 saturated heterocycles. The Morgan fingerprint density at radius 2 is 2.33 bits per heavy atom. The Balaban J connectivity index is 2.70. The predicted molar refractivity (Wildman–Crippen MR) is 46.9 cm³/mol. The summed E-state index contributed by atoms with van der Waals surface area (Å²) in [5, 5.41) is 19.1. The van der Waals surface area contributed by atoms with Gasteiger partial charge in [0, 0.05) is 17.6 Å². The topological polar surface area (TPSA) is 79.4 Å². The molecular weight excluding hydrogens is 176 g/mol. The fourth-order valence-electron chi connectivity index (χ4n) is 0.802. The normalized spacial score (nSPS) is 16.0. The molecule has 4 nitrogen and oxygen atoms in total. The van der Waals surface area contributed by atoms with Crippen LogP contribution in [0.4, 0.5) is 0 Å². The van der Waals surface area contributed by atoms with Gasteiger partial charge in [-0.05, 0) is 6.92 Å². The average Bonchev–Trinajstić information content (AvgIpc) is 2.49. The van der Waals surface area contributed by atoms with Crippen LogP contribution in [0.25, 0.3) is 0 Å². The summed E-state index contributed by atoms with van der Waals surface area (Å²) in [4.78, 5) is 4.95. The molecule has 68 valence electrons. The van der Waals surface area contributed by atoms with E-state index in [0.717, 1.165) is 4.88 Å². The molecule has 1 rings (SSSR count). The number of hydrogen-bond donors (Lipinski definition) is 3. The van der Waals surface area contributed by atoms with Crippen molar-refractivity contribution < 1.29 is 10.2 Å². The summed E-state index contributed by atoms with van der Waals surface area (Å²) in [6.07, 6.45) is -0.212. The van der Waals surface area contributed by atoms with Gasteiger partial charge >= 0.3 is 0 Å². The van der Waals surface area contributed by atoms with Crippen LogP contribution < -0.4 is 5.73 Å². The van der Waals surface area contributed by atoms with Crippen molar-refractivity contribution in [3.63, 3.8) is 0 Å². The number of aromatic nitrogens is 1. The van der Waals surface area contributed by atoms with Gasteiger partial charge in [0.1, 0.15) is 11.1 Å². The summed E-state index contributed by atoms with van der Waals surface area (Å²) < 4.78 is 0. The molecule has 0 aliphatic carbocycles. The van der Waals surface area contributed by atoms with Crippen LogP contribution in [-0.2, 0) is 0 Å². The number of aliphatic hydroxyl groups is 2. The maximum Gasteiger partial charge on any atom is 0.133 e. The van der Waals surface area contributed by atoms with E-state index in [4.69, 9.17) is 5.73 Å². The highest BCUT2D eigenvalue weighted by Gasteiger charge is 2.19. The maximum atomic E-state index is 9.42. The van der Waals surface area contributed by atoms with E-state index in [1.54, 1.807) is 6.20 Å². The highest BCUT2D eigenvalue weighted by atomic mass is 32.1. The van der Waals surface area contributed by atoms with Crippen LogP contribution in [0.3, 0.4) is 0 Å². The standard InChI is InChI=1S/C7H12N2O2S/c1-4-3-9-7(12-4)6(11)5(10)2-8/h3,5-6,10-11H,2,8H2,1H3. The Kier molecular flexibility index (Phi) is 3.16. The quantitative estimate of drug-likeness (QED) is 0.614. The molecule has 0 aliphatic rings. The third kappa shape index (κ3) is 2.01. The minimum atomic E-state index is -0.950. The van der Waals surface area contributed by atoms with Gasteiger partial charge in [-0.15, -0.1) is 11.3 Å². The predicted octanol–water partition coefficient (Wildman–Crippen LogP) is -0.195. The lowest BCUT2D eigenvalue weighted by atomic mass is 10.2. The van der Waals surface area contributed by atoms with Crippen molar-refractivity contribution in [3.05, 3.63) is 16.1 Å². The van der Waals surface area contributed by atoms with Gasteiger partial charge in [0.2, 0.25) is 0 Å². The molecule has 1 heterocycles. The highest BCUT2D eigenvalue weighted by molar-refractivity contribution is 7.11. The average molecular weight is 188 g/mol. The van der Waals surface area contributed by atoms with Crippen molar-refractivity contribution in [2.24, 2.45) is 5.73 Å². The summed E-state index contributed by atoms with van der Waals surface area (Å²) >= 11 is 1.36. The lowest BCUT2D eigenvalue weighted by molar-refractivity contribution is 0.0242. The zero-order valence-electron chi connectivity index (χ0n) is 6.77. The molecule has 0 spiro atoms. The summed E-state index contributed by atoms with van der Waals surface area (Å²) in [6.45, 7) is 1.93. The number of rotatable bonds is 3. The summed E-state index contributed by atoms with van der Waals surface area (Å²) in [5.41, 5.74) is 5.18. The van der Waals surface area contributed by atoms with Crippen molar-refractivity contribution in [1.82, 2.24) is 4.98 Å². The van der Waals surface area contributed by atoms with Crippen LogP contribution in [0, 0.1) is 6.92 Å². The first-order valence-electron chi connectivity index (χ1n) is 3.63. The fourth-order valence-corrected chi connectivity index (χ4v) is 1.62. The fraction of sp³-hybridized carbons (Fsp3) is 0.571. The van der Waals surface area contributed by atoms with Crippen LogP contribution >= 0.6 is 11.3 Å². The summed E-state index contributed by atoms with van der Waals surface area (Å²) in [7, 11) is 0. The van der Waals surface area contributed by atoms with Crippen LogP contribution in [0.15, 0.2) is 6.20 Å². The molecular formula is C7H12N2O2S. The molecule has 4 N–H and O–H groups in total. The molecule has 0 amide bonds. The Bertz CT molecular complexity index is 251. The van der Waals surface area contributed by atoms with E-state index in [1.165, 1.54) is 11.3 Å². The monoisotopic (exact) mass is 188 g/mol. The van der Waals surface area contributed by atoms with Crippen molar-refractivity contribution in [2.45, 2.75) is 19.1 Å². The largest absolute Gasteiger partial charge is 0.389 e. The molecule has 5 heteroatoms. The summed E-state index contributed by atoms with van der Waals surface area (Å²) in [5.74, 6) is 0. The number of hydrogen-bond acceptors (Lipinski definition) is 5. The first-order valence-corrected chi connectivity index (χ1v) is 4.45. The van der Waals surface area contributed by atoms with Gasteiger partial charge in [-0.3, -0.25) is 0 Å². The Morgan fingerprint density at radius 1 is 1.67 bits per heavy atom. The molecule has 0 bridgehead atoms. The second-order valence-corrected chi connectivity index (χ2v) is 3.82. The van der Waals surface area contributed by atoms with E-state index in [-0.39, 0.29) is 6.54 Å². The first kappa shape index (κ1) is 9.60. The van der Waals surface area contributed by atoms with E-state index in [0.29, 0.717) is 5.01 Å². The van der Waals surface area contributed by atoms with Crippen molar-refractivity contribution in [2.75, 3.05) is 6.54 Å². The van der Waals surface area contributed by atoms with Gasteiger partial charge in [0.25, 0.3) is 0 Å². The third-order valence-electron chi connectivity index (χ3n) is 1.50. The molecule has 0 radical (unpaired) electrons. The smallest absolute Gasteiger partial charge is 0.133 e.